The molecule has 1 fully saturated rings. The van der Waals surface area contributed by atoms with Gasteiger partial charge in [-0.25, -0.2) is 8.42 Å². The lowest BCUT2D eigenvalue weighted by Crippen LogP contribution is -2.36. The first kappa shape index (κ1) is 13.4. The summed E-state index contributed by atoms with van der Waals surface area (Å²) >= 11 is 0. The molecule has 5 nitrogen and oxygen atoms in total. The SMILES string of the molecule is O=C(CC1CNc2ccccc21)NC1CCS(=O)(=O)C1. The Morgan fingerprint density at radius 1 is 1.35 bits per heavy atom. The van der Waals surface area contributed by atoms with Crippen LogP contribution in [0.25, 0.3) is 0 Å². The molecule has 0 aromatic heterocycles. The van der Waals surface area contributed by atoms with Gasteiger partial charge in [-0.1, -0.05) is 18.2 Å². The quantitative estimate of drug-likeness (QED) is 0.868. The van der Waals surface area contributed by atoms with Crippen LogP contribution in [0.5, 0.6) is 0 Å². The number of benzene rings is 1. The number of hydrogen-bond donors (Lipinski definition) is 2. The predicted molar refractivity (Wildman–Crippen MR) is 77.5 cm³/mol. The second kappa shape index (κ2) is 5.09. The molecular formula is C14H18N2O3S. The number of amides is 1. The molecular weight excluding hydrogens is 276 g/mol. The number of para-hydroxylation sites is 1. The number of hydrogen-bond acceptors (Lipinski definition) is 4. The molecule has 0 radical (unpaired) electrons. The highest BCUT2D eigenvalue weighted by atomic mass is 32.2. The molecule has 2 aliphatic heterocycles. The fourth-order valence-electron chi connectivity index (χ4n) is 2.96. The molecule has 1 aromatic rings. The van der Waals surface area contributed by atoms with Gasteiger partial charge in [0.25, 0.3) is 0 Å². The van der Waals surface area contributed by atoms with Gasteiger partial charge in [-0.2, -0.15) is 0 Å². The Morgan fingerprint density at radius 3 is 2.90 bits per heavy atom. The molecule has 0 bridgehead atoms. The Balaban J connectivity index is 1.58. The zero-order valence-electron chi connectivity index (χ0n) is 11.1. The van der Waals surface area contributed by atoms with Crippen molar-refractivity contribution in [3.8, 4) is 0 Å². The molecule has 1 saturated heterocycles. The summed E-state index contributed by atoms with van der Waals surface area (Å²) in [4.78, 5) is 12.0. The number of rotatable bonds is 3. The largest absolute Gasteiger partial charge is 0.384 e. The van der Waals surface area contributed by atoms with E-state index in [-0.39, 0.29) is 29.4 Å². The summed E-state index contributed by atoms with van der Waals surface area (Å²) in [7, 11) is -2.94. The van der Waals surface area contributed by atoms with E-state index in [4.69, 9.17) is 0 Å². The second-order valence-corrected chi connectivity index (χ2v) is 7.77. The molecule has 6 heteroatoms. The van der Waals surface area contributed by atoms with Crippen molar-refractivity contribution in [1.29, 1.82) is 0 Å². The third kappa shape index (κ3) is 2.80. The molecule has 0 spiro atoms. The second-order valence-electron chi connectivity index (χ2n) is 5.54. The van der Waals surface area contributed by atoms with E-state index < -0.39 is 9.84 Å². The predicted octanol–water partition coefficient (Wildman–Crippen LogP) is 0.889. The minimum atomic E-state index is -2.94. The van der Waals surface area contributed by atoms with Crippen LogP contribution in [-0.4, -0.2) is 38.4 Å². The van der Waals surface area contributed by atoms with E-state index in [1.54, 1.807) is 0 Å². The molecule has 3 rings (SSSR count). The van der Waals surface area contributed by atoms with Gasteiger partial charge in [0.2, 0.25) is 5.91 Å². The van der Waals surface area contributed by atoms with Crippen molar-refractivity contribution < 1.29 is 13.2 Å². The van der Waals surface area contributed by atoms with E-state index in [0.717, 1.165) is 12.2 Å². The highest BCUT2D eigenvalue weighted by Crippen LogP contribution is 2.33. The molecule has 2 unspecified atom stereocenters. The maximum absolute atomic E-state index is 12.0. The van der Waals surface area contributed by atoms with E-state index in [1.165, 1.54) is 5.56 Å². The summed E-state index contributed by atoms with van der Waals surface area (Å²) in [5.74, 6) is 0.379. The van der Waals surface area contributed by atoms with Gasteiger partial charge in [0.15, 0.2) is 9.84 Å². The number of sulfone groups is 1. The molecule has 0 saturated carbocycles. The van der Waals surface area contributed by atoms with Crippen molar-refractivity contribution in [2.24, 2.45) is 0 Å². The first-order chi connectivity index (χ1) is 9.53. The third-order valence-electron chi connectivity index (χ3n) is 3.97. The maximum Gasteiger partial charge on any atom is 0.220 e. The molecule has 2 heterocycles. The summed E-state index contributed by atoms with van der Waals surface area (Å²) < 4.78 is 22.7. The van der Waals surface area contributed by atoms with Gasteiger partial charge in [-0.15, -0.1) is 0 Å². The number of carbonyl (C=O) groups excluding carboxylic acids is 1. The van der Waals surface area contributed by atoms with Crippen LogP contribution >= 0.6 is 0 Å². The summed E-state index contributed by atoms with van der Waals surface area (Å²) in [5.41, 5.74) is 2.26. The summed E-state index contributed by atoms with van der Waals surface area (Å²) in [6.07, 6.45) is 0.939. The van der Waals surface area contributed by atoms with Crippen LogP contribution in [0.15, 0.2) is 24.3 Å². The smallest absolute Gasteiger partial charge is 0.220 e. The van der Waals surface area contributed by atoms with Crippen LogP contribution in [-0.2, 0) is 14.6 Å². The van der Waals surface area contributed by atoms with Crippen molar-refractivity contribution in [1.82, 2.24) is 5.32 Å². The minimum absolute atomic E-state index is 0.0596. The molecule has 0 aliphatic carbocycles. The van der Waals surface area contributed by atoms with Gasteiger partial charge in [-0.05, 0) is 18.1 Å². The molecule has 108 valence electrons. The molecule has 2 N–H and O–H groups in total. The highest BCUT2D eigenvalue weighted by molar-refractivity contribution is 7.91. The average molecular weight is 294 g/mol. The molecule has 1 aromatic carbocycles. The monoisotopic (exact) mass is 294 g/mol. The van der Waals surface area contributed by atoms with Gasteiger partial charge in [0.05, 0.1) is 11.5 Å². The minimum Gasteiger partial charge on any atom is -0.384 e. The Kier molecular flexibility index (Phi) is 3.41. The Hall–Kier alpha value is -1.56. The fourth-order valence-corrected chi connectivity index (χ4v) is 4.63. The maximum atomic E-state index is 12.0. The lowest BCUT2D eigenvalue weighted by molar-refractivity contribution is -0.121. The van der Waals surface area contributed by atoms with Gasteiger partial charge in [-0.3, -0.25) is 4.79 Å². The van der Waals surface area contributed by atoms with E-state index in [0.29, 0.717) is 12.8 Å². The van der Waals surface area contributed by atoms with Gasteiger partial charge in [0.1, 0.15) is 0 Å². The van der Waals surface area contributed by atoms with Gasteiger partial charge >= 0.3 is 0 Å². The van der Waals surface area contributed by atoms with E-state index >= 15 is 0 Å². The van der Waals surface area contributed by atoms with Crippen molar-refractivity contribution in [3.05, 3.63) is 29.8 Å². The summed E-state index contributed by atoms with van der Waals surface area (Å²) in [6.45, 7) is 0.760. The first-order valence-corrected chi connectivity index (χ1v) is 8.68. The first-order valence-electron chi connectivity index (χ1n) is 6.86. The molecule has 2 aliphatic rings. The van der Waals surface area contributed by atoms with Crippen LogP contribution in [0.3, 0.4) is 0 Å². The zero-order chi connectivity index (χ0) is 14.2. The molecule has 20 heavy (non-hydrogen) atoms. The number of carbonyl (C=O) groups is 1. The van der Waals surface area contributed by atoms with E-state index in [9.17, 15) is 13.2 Å². The van der Waals surface area contributed by atoms with Gasteiger partial charge < -0.3 is 10.6 Å². The van der Waals surface area contributed by atoms with Crippen LogP contribution in [0.2, 0.25) is 0 Å². The standard InChI is InChI=1S/C14H18N2O3S/c17-14(16-11-5-6-20(18,19)9-11)7-10-8-15-13-4-2-1-3-12(10)13/h1-4,10-11,15H,5-9H2,(H,16,17). The topological polar surface area (TPSA) is 75.3 Å². The molecule has 1 amide bonds. The van der Waals surface area contributed by atoms with Crippen LogP contribution < -0.4 is 10.6 Å². The van der Waals surface area contributed by atoms with Crippen LogP contribution in [0, 0.1) is 0 Å². The molecule has 2 atom stereocenters. The third-order valence-corrected chi connectivity index (χ3v) is 5.74. The summed E-state index contributed by atoms with van der Waals surface area (Å²) in [5, 5.41) is 6.13. The Labute approximate surface area is 118 Å². The number of nitrogens with one attached hydrogen (secondary N) is 2. The number of fused-ring (bicyclic) bond motifs is 1. The van der Waals surface area contributed by atoms with Crippen molar-refractivity contribution >= 4 is 21.4 Å². The van der Waals surface area contributed by atoms with E-state index in [1.807, 2.05) is 24.3 Å². The average Bonchev–Trinajstić information content (AvgIpc) is 2.94. The van der Waals surface area contributed by atoms with Crippen molar-refractivity contribution in [2.45, 2.75) is 24.8 Å². The van der Waals surface area contributed by atoms with Crippen molar-refractivity contribution in [2.75, 3.05) is 23.4 Å². The van der Waals surface area contributed by atoms with Crippen LogP contribution in [0.1, 0.15) is 24.3 Å². The Morgan fingerprint density at radius 2 is 2.15 bits per heavy atom. The number of anilines is 1. The van der Waals surface area contributed by atoms with Crippen molar-refractivity contribution in [3.63, 3.8) is 0 Å². The van der Waals surface area contributed by atoms with Gasteiger partial charge in [0, 0.05) is 30.6 Å². The highest BCUT2D eigenvalue weighted by Gasteiger charge is 2.30. The normalized spacial score (nSPS) is 26.8. The lowest BCUT2D eigenvalue weighted by Gasteiger charge is -2.14. The lowest BCUT2D eigenvalue weighted by atomic mass is 9.97. The fraction of sp³-hybridized carbons (Fsp3) is 0.500. The Bertz CT molecular complexity index is 627. The van der Waals surface area contributed by atoms with Crippen LogP contribution in [0.4, 0.5) is 5.69 Å². The van der Waals surface area contributed by atoms with E-state index in [2.05, 4.69) is 10.6 Å². The zero-order valence-corrected chi connectivity index (χ0v) is 11.9. The summed E-state index contributed by atoms with van der Waals surface area (Å²) in [6, 6.07) is 7.78.